The average molecular weight is 409 g/mol. The van der Waals surface area contributed by atoms with Gasteiger partial charge in [-0.1, -0.05) is 35.9 Å². The van der Waals surface area contributed by atoms with E-state index in [1.807, 2.05) is 42.5 Å². The van der Waals surface area contributed by atoms with Crippen LogP contribution in [0.3, 0.4) is 0 Å². The summed E-state index contributed by atoms with van der Waals surface area (Å²) >= 11 is 5.00. The van der Waals surface area contributed by atoms with Gasteiger partial charge in [-0.15, -0.1) is 0 Å². The second-order valence-corrected chi connectivity index (χ2v) is 8.44. The lowest BCUT2D eigenvalue weighted by Crippen LogP contribution is -2.20. The lowest BCUT2D eigenvalue weighted by atomic mass is 10.1. The maximum Gasteiger partial charge on any atom is 0.216 e. The van der Waals surface area contributed by atoms with E-state index in [1.165, 1.54) is 0 Å². The lowest BCUT2D eigenvalue weighted by Gasteiger charge is -2.22. The Morgan fingerprint density at radius 3 is 2.75 bits per heavy atom. The number of rotatable bonds is 4. The second kappa shape index (κ2) is 8.19. The number of halogens is 1. The molecular weight excluding hydrogens is 392 g/mol. The van der Waals surface area contributed by atoms with Gasteiger partial charge >= 0.3 is 0 Å². The van der Waals surface area contributed by atoms with Gasteiger partial charge in [-0.25, -0.2) is 9.97 Å². The molecular formula is C21H17ClN4OS. The fourth-order valence-corrected chi connectivity index (χ4v) is 4.68. The van der Waals surface area contributed by atoms with Crippen LogP contribution in [0.1, 0.15) is 17.7 Å². The number of nitriles is 1. The van der Waals surface area contributed by atoms with Gasteiger partial charge in [0.25, 0.3) is 0 Å². The van der Waals surface area contributed by atoms with Crippen LogP contribution < -0.4 is 5.32 Å². The third-order valence-electron chi connectivity index (χ3n) is 4.49. The molecule has 7 heteroatoms. The van der Waals surface area contributed by atoms with Gasteiger partial charge < -0.3 is 9.87 Å². The number of aromatic nitrogens is 2. The molecule has 0 bridgehead atoms. The zero-order valence-corrected chi connectivity index (χ0v) is 16.6. The highest BCUT2D eigenvalue weighted by molar-refractivity contribution is 7.91. The molecule has 0 spiro atoms. The van der Waals surface area contributed by atoms with Gasteiger partial charge in [0.2, 0.25) is 4.90 Å². The number of hydrogen-bond donors (Lipinski definition) is 1. The summed E-state index contributed by atoms with van der Waals surface area (Å²) in [7, 11) is 0. The van der Waals surface area contributed by atoms with Gasteiger partial charge in [0, 0.05) is 16.3 Å². The van der Waals surface area contributed by atoms with Crippen molar-refractivity contribution in [2.75, 3.05) is 11.1 Å². The topological polar surface area (TPSA) is 84.7 Å². The van der Waals surface area contributed by atoms with Crippen LogP contribution in [0.2, 0.25) is 5.02 Å². The fourth-order valence-electron chi connectivity index (χ4n) is 3.15. The number of nitrogens with one attached hydrogen (secondary N) is 1. The molecule has 0 amide bonds. The molecule has 0 aliphatic carbocycles. The Morgan fingerprint density at radius 1 is 1.18 bits per heavy atom. The van der Waals surface area contributed by atoms with E-state index in [4.69, 9.17) is 16.9 Å². The zero-order valence-electron chi connectivity index (χ0n) is 15.0. The van der Waals surface area contributed by atoms with Gasteiger partial charge in [0.15, 0.2) is 11.6 Å². The van der Waals surface area contributed by atoms with E-state index in [1.54, 1.807) is 6.07 Å². The van der Waals surface area contributed by atoms with Gasteiger partial charge in [0.1, 0.15) is 11.4 Å². The Bertz CT molecular complexity index is 1050. The molecule has 2 heterocycles. The third kappa shape index (κ3) is 3.97. The molecule has 3 aromatic rings. The minimum atomic E-state index is -1.13. The van der Waals surface area contributed by atoms with Crippen molar-refractivity contribution < 1.29 is 4.55 Å². The summed E-state index contributed by atoms with van der Waals surface area (Å²) in [6, 6.07) is 17.1. The summed E-state index contributed by atoms with van der Waals surface area (Å²) in [5.41, 5.74) is 3.40. The van der Waals surface area contributed by atoms with Gasteiger partial charge in [-0.3, -0.25) is 0 Å². The van der Waals surface area contributed by atoms with E-state index in [2.05, 4.69) is 21.4 Å². The Kier molecular flexibility index (Phi) is 5.49. The van der Waals surface area contributed by atoms with Gasteiger partial charge in [-0.2, -0.15) is 5.26 Å². The summed E-state index contributed by atoms with van der Waals surface area (Å²) in [4.78, 5) is 10.0. The van der Waals surface area contributed by atoms with Crippen LogP contribution >= 0.6 is 11.6 Å². The van der Waals surface area contributed by atoms with Crippen molar-refractivity contribution in [3.8, 4) is 17.5 Å². The molecule has 1 atom stereocenters. The number of benzene rings is 2. The van der Waals surface area contributed by atoms with Crippen molar-refractivity contribution in [3.63, 3.8) is 0 Å². The summed E-state index contributed by atoms with van der Waals surface area (Å²) < 4.78 is 12.7. The smallest absolute Gasteiger partial charge is 0.216 e. The Morgan fingerprint density at radius 2 is 2.00 bits per heavy atom. The Balaban J connectivity index is 1.76. The molecule has 0 fully saturated rings. The van der Waals surface area contributed by atoms with Crippen molar-refractivity contribution in [3.05, 3.63) is 64.8 Å². The number of aryl methyl sites for hydroxylation is 1. The van der Waals surface area contributed by atoms with Gasteiger partial charge in [0.05, 0.1) is 12.5 Å². The molecule has 1 aliphatic rings. The number of anilines is 2. The SMILES string of the molecule is N#CCc1ccc(Nc2nc(-c3cccc(Cl)c3)nc3c2[S+]([O-])CCC3)cc1. The van der Waals surface area contributed by atoms with Crippen molar-refractivity contribution in [1.29, 1.82) is 5.26 Å². The number of hydrogen-bond acceptors (Lipinski definition) is 5. The summed E-state index contributed by atoms with van der Waals surface area (Å²) in [5.74, 6) is 1.73. The molecule has 1 aliphatic heterocycles. The second-order valence-electron chi connectivity index (χ2n) is 6.49. The standard InChI is InChI=1S/C21H17ClN4OS/c22-16-4-1-3-15(13-16)20-25-18-5-2-12-28(27)19(18)21(26-20)24-17-8-6-14(7-9-17)10-11-23/h1,3-4,6-9,13H,2,5,10,12H2,(H,24,25,26). The van der Waals surface area contributed by atoms with Crippen molar-refractivity contribution >= 4 is 34.3 Å². The van der Waals surface area contributed by atoms with Crippen LogP contribution in [-0.4, -0.2) is 20.3 Å². The van der Waals surface area contributed by atoms with E-state index in [0.717, 1.165) is 35.3 Å². The van der Waals surface area contributed by atoms with Crippen molar-refractivity contribution in [2.45, 2.75) is 24.2 Å². The molecule has 1 N–H and O–H groups in total. The number of fused-ring (bicyclic) bond motifs is 1. The van der Waals surface area contributed by atoms with Crippen LogP contribution in [0.4, 0.5) is 11.5 Å². The van der Waals surface area contributed by atoms with Crippen LogP contribution in [0.25, 0.3) is 11.4 Å². The molecule has 2 aromatic carbocycles. The predicted octanol–water partition coefficient (Wildman–Crippen LogP) is 4.66. The monoisotopic (exact) mass is 408 g/mol. The Labute approximate surface area is 171 Å². The summed E-state index contributed by atoms with van der Waals surface area (Å²) in [6.45, 7) is 0. The Hall–Kier alpha value is -2.59. The first kappa shape index (κ1) is 18.8. The van der Waals surface area contributed by atoms with Crippen LogP contribution in [0.5, 0.6) is 0 Å². The summed E-state index contributed by atoms with van der Waals surface area (Å²) in [5, 5.41) is 12.7. The molecule has 0 saturated carbocycles. The van der Waals surface area contributed by atoms with Crippen LogP contribution in [0, 0.1) is 11.3 Å². The molecule has 140 valence electrons. The molecule has 0 saturated heterocycles. The van der Waals surface area contributed by atoms with Crippen molar-refractivity contribution in [2.24, 2.45) is 0 Å². The molecule has 5 nitrogen and oxygen atoms in total. The maximum atomic E-state index is 12.7. The first-order valence-electron chi connectivity index (χ1n) is 8.92. The normalized spacial score (nSPS) is 15.5. The highest BCUT2D eigenvalue weighted by Crippen LogP contribution is 2.33. The maximum absolute atomic E-state index is 12.7. The molecule has 1 unspecified atom stereocenters. The first-order chi connectivity index (χ1) is 13.6. The van der Waals surface area contributed by atoms with E-state index < -0.39 is 11.2 Å². The zero-order chi connectivity index (χ0) is 19.5. The highest BCUT2D eigenvalue weighted by Gasteiger charge is 2.29. The highest BCUT2D eigenvalue weighted by atomic mass is 35.5. The van der Waals surface area contributed by atoms with Gasteiger partial charge in [-0.05, 0) is 53.8 Å². The van der Waals surface area contributed by atoms with Crippen LogP contribution in [0.15, 0.2) is 53.4 Å². The largest absolute Gasteiger partial charge is 0.611 e. The molecule has 0 radical (unpaired) electrons. The van der Waals surface area contributed by atoms with E-state index in [-0.39, 0.29) is 0 Å². The minimum absolute atomic E-state index is 0.367. The quantitative estimate of drug-likeness (QED) is 0.634. The molecule has 28 heavy (non-hydrogen) atoms. The van der Waals surface area contributed by atoms with Crippen LogP contribution in [-0.2, 0) is 24.0 Å². The van der Waals surface area contributed by atoms with E-state index in [9.17, 15) is 4.55 Å². The minimum Gasteiger partial charge on any atom is -0.611 e. The van der Waals surface area contributed by atoms with E-state index in [0.29, 0.717) is 33.7 Å². The number of nitrogens with zero attached hydrogens (tertiary/aromatic N) is 3. The van der Waals surface area contributed by atoms with Crippen molar-refractivity contribution in [1.82, 2.24) is 9.97 Å². The first-order valence-corrected chi connectivity index (χ1v) is 10.6. The lowest BCUT2D eigenvalue weighted by molar-refractivity contribution is 0.583. The summed E-state index contributed by atoms with van der Waals surface area (Å²) in [6.07, 6.45) is 1.98. The third-order valence-corrected chi connectivity index (χ3v) is 6.27. The van der Waals surface area contributed by atoms with E-state index >= 15 is 0 Å². The fraction of sp³-hybridized carbons (Fsp3) is 0.190. The average Bonchev–Trinajstić information content (AvgIpc) is 2.69. The predicted molar refractivity (Wildman–Crippen MR) is 111 cm³/mol. The molecule has 1 aromatic heterocycles. The molecule has 4 rings (SSSR count).